The Balaban J connectivity index is 1.50. The number of nitrogens with one attached hydrogen (secondary N) is 1. The number of benzene rings is 1. The van der Waals surface area contributed by atoms with Gasteiger partial charge in [0.05, 0.1) is 0 Å². The zero-order chi connectivity index (χ0) is 12.4. The summed E-state index contributed by atoms with van der Waals surface area (Å²) in [7, 11) is 0. The maximum atomic E-state index is 3.68. The van der Waals surface area contributed by atoms with Crippen molar-refractivity contribution in [3.05, 3.63) is 35.4 Å². The smallest absolute Gasteiger partial charge is 0.0223 e. The van der Waals surface area contributed by atoms with Crippen LogP contribution in [0.5, 0.6) is 0 Å². The third kappa shape index (κ3) is 3.12. The van der Waals surface area contributed by atoms with Crippen LogP contribution in [0.2, 0.25) is 0 Å². The average molecular weight is 244 g/mol. The molecule has 0 bridgehead atoms. The number of hydrogen-bond donors (Lipinski definition) is 1. The minimum atomic E-state index is 0.774. The van der Waals surface area contributed by atoms with Crippen LogP contribution in [0.1, 0.15) is 24.0 Å². The zero-order valence-corrected chi connectivity index (χ0v) is 11.4. The third-order valence-corrected chi connectivity index (χ3v) is 4.28. The van der Waals surface area contributed by atoms with E-state index in [0.717, 1.165) is 12.0 Å². The minimum absolute atomic E-state index is 0.774. The quantitative estimate of drug-likeness (QED) is 0.873. The lowest BCUT2D eigenvalue weighted by Crippen LogP contribution is -2.52. The summed E-state index contributed by atoms with van der Waals surface area (Å²) in [6, 6.07) is 9.71. The van der Waals surface area contributed by atoms with E-state index in [9.17, 15) is 0 Å². The fourth-order valence-electron chi connectivity index (χ4n) is 3.01. The molecule has 0 amide bonds. The summed E-state index contributed by atoms with van der Waals surface area (Å²) in [5.41, 5.74) is 2.86. The molecule has 2 nitrogen and oxygen atoms in total. The van der Waals surface area contributed by atoms with Crippen LogP contribution >= 0.6 is 0 Å². The Morgan fingerprint density at radius 1 is 1.33 bits per heavy atom. The Morgan fingerprint density at radius 2 is 2.22 bits per heavy atom. The van der Waals surface area contributed by atoms with E-state index < -0.39 is 0 Å². The van der Waals surface area contributed by atoms with Crippen LogP contribution in [0.4, 0.5) is 0 Å². The van der Waals surface area contributed by atoms with Gasteiger partial charge in [0, 0.05) is 32.2 Å². The molecule has 1 aromatic rings. The van der Waals surface area contributed by atoms with E-state index >= 15 is 0 Å². The van der Waals surface area contributed by atoms with Crippen molar-refractivity contribution in [2.75, 3.05) is 26.2 Å². The van der Waals surface area contributed by atoms with Gasteiger partial charge in [-0.3, -0.25) is 0 Å². The molecule has 1 heterocycles. The molecular formula is C16H24N2. The van der Waals surface area contributed by atoms with Crippen LogP contribution in [0, 0.1) is 12.8 Å². The first-order valence-corrected chi connectivity index (χ1v) is 7.32. The molecule has 18 heavy (non-hydrogen) atoms. The van der Waals surface area contributed by atoms with Crippen molar-refractivity contribution in [2.45, 2.75) is 32.2 Å². The number of rotatable bonds is 4. The molecule has 0 aromatic heterocycles. The van der Waals surface area contributed by atoms with Gasteiger partial charge >= 0.3 is 0 Å². The van der Waals surface area contributed by atoms with Gasteiger partial charge in [0.1, 0.15) is 0 Å². The highest BCUT2D eigenvalue weighted by Crippen LogP contribution is 2.33. The predicted octanol–water partition coefficient (Wildman–Crippen LogP) is 2.22. The standard InChI is InChI=1S/C16H24N2/c1-13-3-2-4-14(11-13)7-9-18-10-8-17-16(12-18)15-5-6-15/h2-4,11,15-17H,5-10,12H2,1H3. The summed E-state index contributed by atoms with van der Waals surface area (Å²) in [6.07, 6.45) is 4.09. The normalized spacial score (nSPS) is 25.3. The average Bonchev–Trinajstić information content (AvgIpc) is 3.21. The van der Waals surface area contributed by atoms with Gasteiger partial charge in [-0.1, -0.05) is 29.8 Å². The molecule has 1 aromatic carbocycles. The molecule has 2 fully saturated rings. The maximum absolute atomic E-state index is 3.68. The number of nitrogens with zero attached hydrogens (tertiary/aromatic N) is 1. The Labute approximate surface area is 110 Å². The van der Waals surface area contributed by atoms with E-state index in [0.29, 0.717) is 0 Å². The van der Waals surface area contributed by atoms with Gasteiger partial charge in [-0.05, 0) is 37.7 Å². The second-order valence-electron chi connectivity index (χ2n) is 5.94. The third-order valence-electron chi connectivity index (χ3n) is 4.28. The van der Waals surface area contributed by atoms with Crippen molar-refractivity contribution < 1.29 is 0 Å². The molecule has 1 unspecified atom stereocenters. The first-order valence-electron chi connectivity index (χ1n) is 7.32. The fourth-order valence-corrected chi connectivity index (χ4v) is 3.01. The van der Waals surface area contributed by atoms with Gasteiger partial charge in [0.2, 0.25) is 0 Å². The van der Waals surface area contributed by atoms with Crippen molar-refractivity contribution in [3.63, 3.8) is 0 Å². The summed E-state index contributed by atoms with van der Waals surface area (Å²) < 4.78 is 0. The first-order chi connectivity index (χ1) is 8.81. The van der Waals surface area contributed by atoms with E-state index in [1.165, 1.54) is 56.6 Å². The zero-order valence-electron chi connectivity index (χ0n) is 11.4. The summed E-state index contributed by atoms with van der Waals surface area (Å²) in [5.74, 6) is 0.978. The largest absolute Gasteiger partial charge is 0.311 e. The second kappa shape index (κ2) is 5.41. The van der Waals surface area contributed by atoms with E-state index in [-0.39, 0.29) is 0 Å². The van der Waals surface area contributed by atoms with Crippen LogP contribution in [-0.4, -0.2) is 37.1 Å². The highest BCUT2D eigenvalue weighted by molar-refractivity contribution is 5.22. The molecule has 1 saturated heterocycles. The molecule has 2 heteroatoms. The molecule has 0 spiro atoms. The molecule has 0 radical (unpaired) electrons. The number of aryl methyl sites for hydroxylation is 1. The number of piperazine rings is 1. The Bertz CT molecular complexity index is 398. The predicted molar refractivity (Wildman–Crippen MR) is 75.8 cm³/mol. The topological polar surface area (TPSA) is 15.3 Å². The van der Waals surface area contributed by atoms with Crippen LogP contribution in [0.25, 0.3) is 0 Å². The lowest BCUT2D eigenvalue weighted by Gasteiger charge is -2.33. The summed E-state index contributed by atoms with van der Waals surface area (Å²) in [4.78, 5) is 2.64. The highest BCUT2D eigenvalue weighted by Gasteiger charge is 2.33. The van der Waals surface area contributed by atoms with Crippen molar-refractivity contribution >= 4 is 0 Å². The van der Waals surface area contributed by atoms with Gasteiger partial charge in [0.15, 0.2) is 0 Å². The van der Waals surface area contributed by atoms with E-state index in [2.05, 4.69) is 41.4 Å². The molecule has 1 aliphatic heterocycles. The van der Waals surface area contributed by atoms with Gasteiger partial charge in [-0.25, -0.2) is 0 Å². The van der Waals surface area contributed by atoms with E-state index in [4.69, 9.17) is 0 Å². The van der Waals surface area contributed by atoms with Crippen molar-refractivity contribution in [1.82, 2.24) is 10.2 Å². The van der Waals surface area contributed by atoms with Crippen molar-refractivity contribution in [1.29, 1.82) is 0 Å². The molecule has 1 saturated carbocycles. The fraction of sp³-hybridized carbons (Fsp3) is 0.625. The monoisotopic (exact) mass is 244 g/mol. The van der Waals surface area contributed by atoms with Gasteiger partial charge in [-0.2, -0.15) is 0 Å². The summed E-state index contributed by atoms with van der Waals surface area (Å²) in [5, 5.41) is 3.68. The van der Waals surface area contributed by atoms with Crippen LogP contribution < -0.4 is 5.32 Å². The highest BCUT2D eigenvalue weighted by atomic mass is 15.2. The van der Waals surface area contributed by atoms with Crippen LogP contribution in [0.3, 0.4) is 0 Å². The molecule has 1 aliphatic carbocycles. The van der Waals surface area contributed by atoms with E-state index in [1.807, 2.05) is 0 Å². The molecule has 1 atom stereocenters. The van der Waals surface area contributed by atoms with Crippen molar-refractivity contribution in [2.24, 2.45) is 5.92 Å². The number of hydrogen-bond acceptors (Lipinski definition) is 2. The molecular weight excluding hydrogens is 220 g/mol. The Hall–Kier alpha value is -0.860. The summed E-state index contributed by atoms with van der Waals surface area (Å²) in [6.45, 7) is 7.05. The first kappa shape index (κ1) is 12.2. The summed E-state index contributed by atoms with van der Waals surface area (Å²) >= 11 is 0. The molecule has 3 rings (SSSR count). The lowest BCUT2D eigenvalue weighted by atomic mass is 10.1. The molecule has 2 aliphatic rings. The van der Waals surface area contributed by atoms with Gasteiger partial charge in [-0.15, -0.1) is 0 Å². The molecule has 98 valence electrons. The van der Waals surface area contributed by atoms with Gasteiger partial charge < -0.3 is 10.2 Å². The molecule has 1 N–H and O–H groups in total. The maximum Gasteiger partial charge on any atom is 0.0223 e. The van der Waals surface area contributed by atoms with E-state index in [1.54, 1.807) is 0 Å². The van der Waals surface area contributed by atoms with Crippen LogP contribution in [-0.2, 0) is 6.42 Å². The Kier molecular flexibility index (Phi) is 3.67. The minimum Gasteiger partial charge on any atom is -0.311 e. The second-order valence-corrected chi connectivity index (χ2v) is 5.94. The Morgan fingerprint density at radius 3 is 3.00 bits per heavy atom. The lowest BCUT2D eigenvalue weighted by molar-refractivity contribution is 0.190. The van der Waals surface area contributed by atoms with Crippen LogP contribution in [0.15, 0.2) is 24.3 Å². The van der Waals surface area contributed by atoms with Gasteiger partial charge in [0.25, 0.3) is 0 Å². The van der Waals surface area contributed by atoms with Crippen molar-refractivity contribution in [3.8, 4) is 0 Å². The SMILES string of the molecule is Cc1cccc(CCN2CCNC(C3CC3)C2)c1.